The molecule has 0 saturated heterocycles. The lowest BCUT2D eigenvalue weighted by molar-refractivity contribution is -0.138. The summed E-state index contributed by atoms with van der Waals surface area (Å²) in [5.41, 5.74) is 6.15. The number of carbonyl (C=O) groups is 1. The van der Waals surface area contributed by atoms with E-state index in [1.807, 2.05) is 58.0 Å². The van der Waals surface area contributed by atoms with E-state index in [0.29, 0.717) is 6.42 Å². The fourth-order valence-corrected chi connectivity index (χ4v) is 3.34. The first-order chi connectivity index (χ1) is 10.8. The molecule has 0 radical (unpaired) electrons. The molecule has 0 heterocycles. The molecule has 1 atom stereocenters. The summed E-state index contributed by atoms with van der Waals surface area (Å²) in [6.45, 7) is 8.00. The zero-order chi connectivity index (χ0) is 17.1. The van der Waals surface area contributed by atoms with Crippen LogP contribution < -0.4 is 4.74 Å². The second-order valence-electron chi connectivity index (χ2n) is 6.22. The van der Waals surface area contributed by atoms with E-state index in [1.165, 1.54) is 0 Å². The molecule has 0 saturated carbocycles. The molecule has 0 aliphatic rings. The lowest BCUT2D eigenvalue weighted by Crippen LogP contribution is -2.17. The van der Waals surface area contributed by atoms with E-state index in [4.69, 9.17) is 4.74 Å². The molecule has 0 amide bonds. The van der Waals surface area contributed by atoms with Gasteiger partial charge in [-0.3, -0.25) is 4.79 Å². The van der Waals surface area contributed by atoms with E-state index < -0.39 is 11.9 Å². The third kappa shape index (κ3) is 3.73. The van der Waals surface area contributed by atoms with Crippen molar-refractivity contribution >= 4 is 5.97 Å². The summed E-state index contributed by atoms with van der Waals surface area (Å²) in [4.78, 5) is 11.9. The minimum Gasteiger partial charge on any atom is -0.496 e. The number of rotatable bonds is 5. The summed E-state index contributed by atoms with van der Waals surface area (Å²) in [5, 5.41) is 9.80. The fourth-order valence-electron chi connectivity index (χ4n) is 3.34. The molecule has 1 N–H and O–H groups in total. The van der Waals surface area contributed by atoms with Gasteiger partial charge in [-0.15, -0.1) is 0 Å². The number of aliphatic carboxylic acids is 1. The maximum Gasteiger partial charge on any atom is 0.311 e. The van der Waals surface area contributed by atoms with Gasteiger partial charge in [-0.05, 0) is 62.4 Å². The van der Waals surface area contributed by atoms with Crippen molar-refractivity contribution in [3.05, 3.63) is 63.7 Å². The monoisotopic (exact) mass is 312 g/mol. The van der Waals surface area contributed by atoms with Crippen molar-refractivity contribution < 1.29 is 14.6 Å². The molecule has 0 aromatic heterocycles. The second kappa shape index (κ2) is 6.86. The Bertz CT molecular complexity index is 709. The molecule has 3 nitrogen and oxygen atoms in total. The molecular formula is C20H24O3. The molecule has 1 unspecified atom stereocenters. The molecule has 23 heavy (non-hydrogen) atoms. The highest BCUT2D eigenvalue weighted by Gasteiger charge is 2.25. The summed E-state index contributed by atoms with van der Waals surface area (Å²) < 4.78 is 5.40. The Hall–Kier alpha value is -2.29. The number of hydrogen-bond donors (Lipinski definition) is 1. The van der Waals surface area contributed by atoms with Crippen LogP contribution in [0.3, 0.4) is 0 Å². The molecule has 0 spiro atoms. The van der Waals surface area contributed by atoms with Crippen LogP contribution in [0.4, 0.5) is 0 Å². The van der Waals surface area contributed by atoms with Crippen LogP contribution >= 0.6 is 0 Å². The first kappa shape index (κ1) is 17.1. The Balaban J connectivity index is 2.50. The van der Waals surface area contributed by atoms with Crippen LogP contribution in [0.2, 0.25) is 0 Å². The van der Waals surface area contributed by atoms with E-state index in [9.17, 15) is 9.90 Å². The average Bonchev–Trinajstić information content (AvgIpc) is 2.45. The van der Waals surface area contributed by atoms with E-state index in [1.54, 1.807) is 7.11 Å². The zero-order valence-corrected chi connectivity index (χ0v) is 14.4. The van der Waals surface area contributed by atoms with Crippen LogP contribution in [-0.4, -0.2) is 18.2 Å². The van der Waals surface area contributed by atoms with Crippen LogP contribution in [0.5, 0.6) is 5.75 Å². The highest BCUT2D eigenvalue weighted by atomic mass is 16.5. The molecule has 122 valence electrons. The second-order valence-corrected chi connectivity index (χ2v) is 6.22. The highest BCUT2D eigenvalue weighted by molar-refractivity contribution is 5.78. The van der Waals surface area contributed by atoms with Gasteiger partial charge in [0.25, 0.3) is 0 Å². The van der Waals surface area contributed by atoms with Gasteiger partial charge in [0, 0.05) is 0 Å². The van der Waals surface area contributed by atoms with Gasteiger partial charge >= 0.3 is 5.97 Å². The largest absolute Gasteiger partial charge is 0.496 e. The Morgan fingerprint density at radius 3 is 2.17 bits per heavy atom. The third-order valence-corrected chi connectivity index (χ3v) is 4.24. The number of ether oxygens (including phenoxy) is 1. The van der Waals surface area contributed by atoms with Crippen LogP contribution in [0.25, 0.3) is 0 Å². The maximum atomic E-state index is 11.9. The number of aryl methyl sites for hydroxylation is 4. The Morgan fingerprint density at radius 1 is 1.04 bits per heavy atom. The predicted molar refractivity (Wildman–Crippen MR) is 92.5 cm³/mol. The molecule has 0 fully saturated rings. The molecule has 0 aliphatic heterocycles. The Kier molecular flexibility index (Phi) is 5.09. The fraction of sp³-hybridized carbons (Fsp3) is 0.350. The molecule has 2 aromatic rings. The third-order valence-electron chi connectivity index (χ3n) is 4.24. The molecule has 0 bridgehead atoms. The SMILES string of the molecule is COc1ccc(C)cc1CC(C(=O)O)c1c(C)cc(C)cc1C. The first-order valence-electron chi connectivity index (χ1n) is 7.77. The van der Waals surface area contributed by atoms with Gasteiger partial charge in [-0.25, -0.2) is 0 Å². The van der Waals surface area contributed by atoms with Gasteiger partial charge in [0.15, 0.2) is 0 Å². The van der Waals surface area contributed by atoms with E-state index >= 15 is 0 Å². The predicted octanol–water partition coefficient (Wildman–Crippen LogP) is 4.34. The number of hydrogen-bond acceptors (Lipinski definition) is 2. The minimum absolute atomic E-state index is 0.422. The van der Waals surface area contributed by atoms with Gasteiger partial charge in [0.1, 0.15) is 5.75 Å². The Morgan fingerprint density at radius 2 is 1.65 bits per heavy atom. The van der Waals surface area contributed by atoms with E-state index in [2.05, 4.69) is 0 Å². The van der Waals surface area contributed by atoms with E-state index in [0.717, 1.165) is 39.1 Å². The van der Waals surface area contributed by atoms with Crippen molar-refractivity contribution in [1.82, 2.24) is 0 Å². The minimum atomic E-state index is -0.802. The maximum absolute atomic E-state index is 11.9. The van der Waals surface area contributed by atoms with Crippen molar-refractivity contribution in [2.75, 3.05) is 7.11 Å². The van der Waals surface area contributed by atoms with E-state index in [-0.39, 0.29) is 0 Å². The lowest BCUT2D eigenvalue weighted by Gasteiger charge is -2.20. The lowest BCUT2D eigenvalue weighted by atomic mass is 9.85. The van der Waals surface area contributed by atoms with Crippen LogP contribution in [0.1, 0.15) is 39.3 Å². The number of benzene rings is 2. The number of carboxylic acids is 1. The summed E-state index contributed by atoms with van der Waals surface area (Å²) in [5.74, 6) is -0.640. The van der Waals surface area contributed by atoms with Gasteiger partial charge in [-0.2, -0.15) is 0 Å². The van der Waals surface area contributed by atoms with Crippen LogP contribution in [-0.2, 0) is 11.2 Å². The summed E-state index contributed by atoms with van der Waals surface area (Å²) in [7, 11) is 1.62. The van der Waals surface area contributed by atoms with Crippen LogP contribution in [0.15, 0.2) is 30.3 Å². The highest BCUT2D eigenvalue weighted by Crippen LogP contribution is 2.31. The average molecular weight is 312 g/mol. The quantitative estimate of drug-likeness (QED) is 0.893. The van der Waals surface area contributed by atoms with Crippen molar-refractivity contribution in [3.63, 3.8) is 0 Å². The molecule has 0 aliphatic carbocycles. The first-order valence-corrected chi connectivity index (χ1v) is 7.77. The number of carboxylic acid groups (broad SMARTS) is 1. The van der Waals surface area contributed by atoms with Crippen molar-refractivity contribution in [1.29, 1.82) is 0 Å². The molecule has 3 heteroatoms. The normalized spacial score (nSPS) is 12.0. The zero-order valence-electron chi connectivity index (χ0n) is 14.4. The number of methoxy groups -OCH3 is 1. The van der Waals surface area contributed by atoms with Crippen LogP contribution in [0, 0.1) is 27.7 Å². The smallest absolute Gasteiger partial charge is 0.311 e. The van der Waals surface area contributed by atoms with Gasteiger partial charge < -0.3 is 9.84 Å². The summed E-state index contributed by atoms with van der Waals surface area (Å²) in [6.07, 6.45) is 0.422. The van der Waals surface area contributed by atoms with Gasteiger partial charge in [0.05, 0.1) is 13.0 Å². The van der Waals surface area contributed by atoms with Crippen molar-refractivity contribution in [2.45, 2.75) is 40.0 Å². The standard InChI is InChI=1S/C20H24O3/c1-12-6-7-18(23-5)16(10-12)11-17(20(21)22)19-14(3)8-13(2)9-15(19)4/h6-10,17H,11H2,1-5H3,(H,21,22). The molecular weight excluding hydrogens is 288 g/mol. The van der Waals surface area contributed by atoms with Gasteiger partial charge in [-0.1, -0.05) is 35.4 Å². The molecule has 2 aromatic carbocycles. The van der Waals surface area contributed by atoms with Crippen molar-refractivity contribution in [2.24, 2.45) is 0 Å². The summed E-state index contributed by atoms with van der Waals surface area (Å²) in [6, 6.07) is 9.98. The van der Waals surface area contributed by atoms with Crippen molar-refractivity contribution in [3.8, 4) is 5.75 Å². The summed E-state index contributed by atoms with van der Waals surface area (Å²) >= 11 is 0. The topological polar surface area (TPSA) is 46.5 Å². The Labute approximate surface area is 137 Å². The van der Waals surface area contributed by atoms with Gasteiger partial charge in [0.2, 0.25) is 0 Å². The molecule has 2 rings (SSSR count).